The van der Waals surface area contributed by atoms with Gasteiger partial charge in [-0.2, -0.15) is 0 Å². The van der Waals surface area contributed by atoms with E-state index in [-0.39, 0.29) is 18.4 Å². The van der Waals surface area contributed by atoms with Crippen molar-refractivity contribution in [3.8, 4) is 11.5 Å². The van der Waals surface area contributed by atoms with Crippen LogP contribution in [0.5, 0.6) is 11.5 Å². The van der Waals surface area contributed by atoms with Crippen LogP contribution in [0.2, 0.25) is 0 Å². The van der Waals surface area contributed by atoms with Gasteiger partial charge in [-0.25, -0.2) is 0 Å². The Morgan fingerprint density at radius 2 is 1.53 bits per heavy atom. The lowest BCUT2D eigenvalue weighted by Gasteiger charge is -2.28. The standard InChI is InChI=1S/C35H48N2O5S/c1-6-7-8-9-11-28-12-15-30(16-13-28)35(39)37(20-10-22-40-3)26-34(38)36(25-33-27(2)19-23-43-33)21-18-29-14-17-31(41-4)32(24-29)42-5/h12-17,19,23-24H,6-11,18,20-22,25-26H2,1-5H3. The van der Waals surface area contributed by atoms with Crippen molar-refractivity contribution in [2.24, 2.45) is 0 Å². The van der Waals surface area contributed by atoms with Crippen LogP contribution in [0, 0.1) is 6.92 Å². The molecule has 0 unspecified atom stereocenters. The predicted octanol–water partition coefficient (Wildman–Crippen LogP) is 6.95. The maximum atomic E-state index is 13.9. The second-order valence-corrected chi connectivity index (χ2v) is 11.9. The van der Waals surface area contributed by atoms with Gasteiger partial charge >= 0.3 is 0 Å². The SMILES string of the molecule is CCCCCCc1ccc(C(=O)N(CCCOC)CC(=O)N(CCc2ccc(OC)c(OC)c2)Cc2sccc2C)cc1. The second kappa shape index (κ2) is 18.3. The number of rotatable bonds is 19. The summed E-state index contributed by atoms with van der Waals surface area (Å²) in [4.78, 5) is 32.3. The molecule has 2 aromatic carbocycles. The molecule has 1 heterocycles. The van der Waals surface area contributed by atoms with Gasteiger partial charge in [-0.3, -0.25) is 9.59 Å². The van der Waals surface area contributed by atoms with E-state index in [4.69, 9.17) is 14.2 Å². The molecule has 0 N–H and O–H groups in total. The minimum Gasteiger partial charge on any atom is -0.493 e. The molecule has 0 saturated carbocycles. The Bertz CT molecular complexity index is 1270. The molecule has 0 atom stereocenters. The first-order valence-corrected chi connectivity index (χ1v) is 16.2. The summed E-state index contributed by atoms with van der Waals surface area (Å²) in [6.07, 6.45) is 7.15. The third-order valence-corrected chi connectivity index (χ3v) is 8.69. The first-order valence-electron chi connectivity index (χ1n) is 15.3. The van der Waals surface area contributed by atoms with E-state index in [0.717, 1.165) is 28.8 Å². The fraction of sp³-hybridized carbons (Fsp3) is 0.486. The Kier molecular flexibility index (Phi) is 14.6. The number of unbranched alkanes of at least 4 members (excludes halogenated alkanes) is 3. The van der Waals surface area contributed by atoms with Crippen molar-refractivity contribution in [1.82, 2.24) is 9.80 Å². The molecule has 0 bridgehead atoms. The Balaban J connectivity index is 1.75. The summed E-state index contributed by atoms with van der Waals surface area (Å²) in [5.41, 5.74) is 4.05. The summed E-state index contributed by atoms with van der Waals surface area (Å²) in [7, 11) is 4.88. The molecule has 0 fully saturated rings. The van der Waals surface area contributed by atoms with Gasteiger partial charge < -0.3 is 24.0 Å². The fourth-order valence-corrected chi connectivity index (χ4v) is 5.92. The largest absolute Gasteiger partial charge is 0.493 e. The lowest BCUT2D eigenvalue weighted by Crippen LogP contribution is -2.44. The van der Waals surface area contributed by atoms with Gasteiger partial charge in [0.05, 0.1) is 20.8 Å². The van der Waals surface area contributed by atoms with Crippen LogP contribution in [0.3, 0.4) is 0 Å². The predicted molar refractivity (Wildman–Crippen MR) is 174 cm³/mol. The smallest absolute Gasteiger partial charge is 0.254 e. The van der Waals surface area contributed by atoms with Crippen molar-refractivity contribution < 1.29 is 23.8 Å². The van der Waals surface area contributed by atoms with Crippen LogP contribution < -0.4 is 9.47 Å². The molecule has 3 aromatic rings. The minimum absolute atomic E-state index is 0.0116. The zero-order valence-corrected chi connectivity index (χ0v) is 27.3. The molecule has 2 amide bonds. The summed E-state index contributed by atoms with van der Waals surface area (Å²) < 4.78 is 16.1. The maximum absolute atomic E-state index is 13.9. The molecule has 8 heteroatoms. The molecular weight excluding hydrogens is 560 g/mol. The van der Waals surface area contributed by atoms with Crippen molar-refractivity contribution in [1.29, 1.82) is 0 Å². The number of benzene rings is 2. The molecule has 0 spiro atoms. The first-order chi connectivity index (χ1) is 20.9. The monoisotopic (exact) mass is 608 g/mol. The molecule has 7 nitrogen and oxygen atoms in total. The topological polar surface area (TPSA) is 68.3 Å². The number of hydrogen-bond donors (Lipinski definition) is 0. The van der Waals surface area contributed by atoms with Gasteiger partial charge in [-0.15, -0.1) is 11.3 Å². The Morgan fingerprint density at radius 3 is 2.19 bits per heavy atom. The second-order valence-electron chi connectivity index (χ2n) is 10.9. The van der Waals surface area contributed by atoms with E-state index >= 15 is 0 Å². The first kappa shape index (κ1) is 34.1. The molecule has 0 radical (unpaired) electrons. The highest BCUT2D eigenvalue weighted by atomic mass is 32.1. The number of methoxy groups -OCH3 is 3. The average molecular weight is 609 g/mol. The number of aryl methyl sites for hydroxylation is 2. The van der Waals surface area contributed by atoms with Crippen LogP contribution in [-0.2, 0) is 28.9 Å². The molecule has 0 aliphatic rings. The normalized spacial score (nSPS) is 10.9. The average Bonchev–Trinajstić information content (AvgIpc) is 3.44. The molecule has 234 valence electrons. The maximum Gasteiger partial charge on any atom is 0.254 e. The lowest BCUT2D eigenvalue weighted by molar-refractivity contribution is -0.132. The van der Waals surface area contributed by atoms with Gasteiger partial charge in [0.1, 0.15) is 6.54 Å². The van der Waals surface area contributed by atoms with Crippen molar-refractivity contribution in [3.05, 3.63) is 81.0 Å². The third kappa shape index (κ3) is 10.7. The Labute approximate surface area is 261 Å². The zero-order valence-electron chi connectivity index (χ0n) is 26.5. The van der Waals surface area contributed by atoms with E-state index in [0.29, 0.717) is 56.1 Å². The zero-order chi connectivity index (χ0) is 31.0. The molecule has 0 aliphatic heterocycles. The highest BCUT2D eigenvalue weighted by molar-refractivity contribution is 7.10. The number of carbonyl (C=O) groups is 2. The number of amides is 2. The molecule has 43 heavy (non-hydrogen) atoms. The summed E-state index contributed by atoms with van der Waals surface area (Å²) in [6.45, 7) is 6.27. The number of nitrogens with zero attached hydrogens (tertiary/aromatic N) is 2. The van der Waals surface area contributed by atoms with E-state index in [1.807, 2.05) is 47.4 Å². The quantitative estimate of drug-likeness (QED) is 0.138. The van der Waals surface area contributed by atoms with Gasteiger partial charge in [0.15, 0.2) is 11.5 Å². The Morgan fingerprint density at radius 1 is 0.791 bits per heavy atom. The van der Waals surface area contributed by atoms with Crippen LogP contribution in [0.25, 0.3) is 0 Å². The highest BCUT2D eigenvalue weighted by Crippen LogP contribution is 2.28. The minimum atomic E-state index is -0.130. The highest BCUT2D eigenvalue weighted by Gasteiger charge is 2.23. The van der Waals surface area contributed by atoms with E-state index < -0.39 is 0 Å². The number of hydrogen-bond acceptors (Lipinski definition) is 6. The van der Waals surface area contributed by atoms with Crippen molar-refractivity contribution >= 4 is 23.2 Å². The molecule has 3 rings (SSSR count). The van der Waals surface area contributed by atoms with Crippen LogP contribution in [0.15, 0.2) is 53.9 Å². The van der Waals surface area contributed by atoms with Crippen LogP contribution in [-0.4, -0.2) is 69.2 Å². The van der Waals surface area contributed by atoms with E-state index in [1.165, 1.54) is 24.8 Å². The molecule has 0 saturated heterocycles. The van der Waals surface area contributed by atoms with Gasteiger partial charge in [0.2, 0.25) is 5.91 Å². The van der Waals surface area contributed by atoms with Crippen LogP contribution in [0.1, 0.15) is 71.0 Å². The van der Waals surface area contributed by atoms with Gasteiger partial charge in [-0.1, -0.05) is 44.4 Å². The number of carbonyl (C=O) groups excluding carboxylic acids is 2. The van der Waals surface area contributed by atoms with Crippen molar-refractivity contribution in [2.45, 2.75) is 65.3 Å². The Hall–Kier alpha value is -3.36. The molecule has 0 aliphatic carbocycles. The van der Waals surface area contributed by atoms with E-state index in [1.54, 1.807) is 37.6 Å². The molecule has 1 aromatic heterocycles. The van der Waals surface area contributed by atoms with Crippen LogP contribution in [0.4, 0.5) is 0 Å². The van der Waals surface area contributed by atoms with Crippen molar-refractivity contribution in [2.75, 3.05) is 47.6 Å². The summed E-state index contributed by atoms with van der Waals surface area (Å²) in [5, 5.41) is 2.05. The lowest BCUT2D eigenvalue weighted by atomic mass is 10.0. The van der Waals surface area contributed by atoms with Crippen molar-refractivity contribution in [3.63, 3.8) is 0 Å². The third-order valence-electron chi connectivity index (χ3n) is 7.68. The summed E-state index contributed by atoms with van der Waals surface area (Å²) in [5.74, 6) is 1.12. The van der Waals surface area contributed by atoms with Gasteiger partial charge in [0, 0.05) is 37.2 Å². The summed E-state index contributed by atoms with van der Waals surface area (Å²) in [6, 6.07) is 15.8. The van der Waals surface area contributed by atoms with E-state index in [2.05, 4.69) is 25.3 Å². The van der Waals surface area contributed by atoms with Crippen LogP contribution >= 0.6 is 11.3 Å². The number of thiophene rings is 1. The molecular formula is C35H48N2O5S. The van der Waals surface area contributed by atoms with Gasteiger partial charge in [-0.05, 0) is 85.0 Å². The number of ether oxygens (including phenoxy) is 3. The van der Waals surface area contributed by atoms with Gasteiger partial charge in [0.25, 0.3) is 5.91 Å². The fourth-order valence-electron chi connectivity index (χ4n) is 5.00. The van der Waals surface area contributed by atoms with E-state index in [9.17, 15) is 9.59 Å². The summed E-state index contributed by atoms with van der Waals surface area (Å²) >= 11 is 1.65.